The van der Waals surface area contributed by atoms with Crippen LogP contribution in [-0.2, 0) is 17.5 Å². The Kier molecular flexibility index (Phi) is 5.84. The van der Waals surface area contributed by atoms with Crippen LogP contribution in [-0.4, -0.2) is 28.6 Å². The summed E-state index contributed by atoms with van der Waals surface area (Å²) in [4.78, 5) is 30.0. The Balaban J connectivity index is 2.05. The van der Waals surface area contributed by atoms with Crippen LogP contribution in [0.15, 0.2) is 36.4 Å². The number of urea groups is 1. The van der Waals surface area contributed by atoms with Crippen LogP contribution in [0, 0.1) is 0 Å². The highest BCUT2D eigenvalue weighted by Crippen LogP contribution is 2.42. The smallest absolute Gasteiger partial charge is 0.420 e. The third-order valence-electron chi connectivity index (χ3n) is 4.37. The largest absolute Gasteiger partial charge is 0.463 e. The summed E-state index contributed by atoms with van der Waals surface area (Å²) in [6.45, 7) is 6.61. The van der Waals surface area contributed by atoms with Gasteiger partial charge in [0.05, 0.1) is 6.54 Å². The SMILES string of the molecule is C[C@H]1Oc2nc(NC(=O)NC(C)(C)C)c(C(F)(F)F)cc2N(Cc2ccccc2)C1=O. The van der Waals surface area contributed by atoms with Gasteiger partial charge in [0.25, 0.3) is 5.91 Å². The first kappa shape index (κ1) is 22.4. The van der Waals surface area contributed by atoms with Crippen LogP contribution < -0.4 is 20.3 Å². The third-order valence-corrected chi connectivity index (χ3v) is 4.37. The minimum atomic E-state index is -4.82. The quantitative estimate of drug-likeness (QED) is 0.750. The van der Waals surface area contributed by atoms with Gasteiger partial charge in [-0.2, -0.15) is 18.2 Å². The number of nitrogens with one attached hydrogen (secondary N) is 2. The minimum Gasteiger partial charge on any atom is -0.463 e. The number of hydrogen-bond acceptors (Lipinski definition) is 4. The summed E-state index contributed by atoms with van der Waals surface area (Å²) in [5.41, 5.74) is -1.22. The standard InChI is InChI=1S/C21H23F3N4O3/c1-12-18(29)28(11-13-8-6-5-7-9-13)15-10-14(21(22,23)24)16(25-17(15)31-12)26-19(30)27-20(2,3)4/h5-10,12H,11H2,1-4H3,(H2,25,26,27,30)/t12-/m1/s1. The molecular formula is C21H23F3N4O3. The molecule has 2 aromatic rings. The van der Waals surface area contributed by atoms with Gasteiger partial charge in [0.15, 0.2) is 11.9 Å². The van der Waals surface area contributed by atoms with Crippen LogP contribution in [0.1, 0.15) is 38.8 Å². The van der Waals surface area contributed by atoms with Crippen LogP contribution in [0.2, 0.25) is 0 Å². The molecule has 0 unspecified atom stereocenters. The van der Waals surface area contributed by atoms with E-state index in [2.05, 4.69) is 15.6 Å². The monoisotopic (exact) mass is 436 g/mol. The summed E-state index contributed by atoms with van der Waals surface area (Å²) >= 11 is 0. The molecule has 2 heterocycles. The van der Waals surface area contributed by atoms with E-state index in [1.54, 1.807) is 51.1 Å². The van der Waals surface area contributed by atoms with Gasteiger partial charge in [-0.1, -0.05) is 30.3 Å². The van der Waals surface area contributed by atoms with Gasteiger partial charge >= 0.3 is 12.2 Å². The summed E-state index contributed by atoms with van der Waals surface area (Å²) < 4.78 is 46.8. The number of benzene rings is 1. The van der Waals surface area contributed by atoms with Crippen molar-refractivity contribution in [1.82, 2.24) is 10.3 Å². The minimum absolute atomic E-state index is 0.0522. The molecule has 31 heavy (non-hydrogen) atoms. The van der Waals surface area contributed by atoms with Crippen molar-refractivity contribution >= 4 is 23.4 Å². The van der Waals surface area contributed by atoms with Gasteiger partial charge in [0.1, 0.15) is 11.3 Å². The molecule has 1 atom stereocenters. The summed E-state index contributed by atoms with van der Waals surface area (Å²) in [7, 11) is 0. The second-order valence-electron chi connectivity index (χ2n) is 8.21. The van der Waals surface area contributed by atoms with Crippen LogP contribution in [0.3, 0.4) is 0 Å². The Morgan fingerprint density at radius 2 is 1.84 bits per heavy atom. The van der Waals surface area contributed by atoms with Crippen LogP contribution in [0.25, 0.3) is 0 Å². The first-order valence-corrected chi connectivity index (χ1v) is 9.58. The number of fused-ring (bicyclic) bond motifs is 1. The van der Waals surface area contributed by atoms with E-state index in [4.69, 9.17) is 4.74 Å². The highest BCUT2D eigenvalue weighted by Gasteiger charge is 2.40. The molecule has 0 saturated heterocycles. The number of anilines is 2. The van der Waals surface area contributed by atoms with Crippen molar-refractivity contribution in [2.24, 2.45) is 0 Å². The number of alkyl halides is 3. The number of rotatable bonds is 3. The third kappa shape index (κ3) is 5.25. The highest BCUT2D eigenvalue weighted by atomic mass is 19.4. The summed E-state index contributed by atoms with van der Waals surface area (Å²) in [5.74, 6) is -1.35. The molecule has 0 aliphatic carbocycles. The van der Waals surface area contributed by atoms with Crippen LogP contribution in [0.5, 0.6) is 5.88 Å². The van der Waals surface area contributed by atoms with Crippen molar-refractivity contribution in [3.8, 4) is 5.88 Å². The number of carbonyl (C=O) groups is 2. The molecule has 1 aliphatic heterocycles. The normalized spacial score (nSPS) is 16.4. The predicted molar refractivity (Wildman–Crippen MR) is 109 cm³/mol. The molecule has 3 amide bonds. The zero-order valence-corrected chi connectivity index (χ0v) is 17.5. The van der Waals surface area contributed by atoms with E-state index in [9.17, 15) is 22.8 Å². The zero-order chi connectivity index (χ0) is 23.0. The Morgan fingerprint density at radius 1 is 1.19 bits per heavy atom. The fraction of sp³-hybridized carbons (Fsp3) is 0.381. The number of pyridine rings is 1. The average Bonchev–Trinajstić information content (AvgIpc) is 2.63. The van der Waals surface area contributed by atoms with Crippen LogP contribution in [0.4, 0.5) is 29.5 Å². The number of hydrogen-bond donors (Lipinski definition) is 2. The van der Waals surface area contributed by atoms with E-state index < -0.39 is 41.1 Å². The van der Waals surface area contributed by atoms with Gasteiger partial charge < -0.3 is 10.1 Å². The first-order chi connectivity index (χ1) is 14.3. The first-order valence-electron chi connectivity index (χ1n) is 9.58. The number of amides is 3. The molecule has 166 valence electrons. The fourth-order valence-corrected chi connectivity index (χ4v) is 3.04. The zero-order valence-electron chi connectivity index (χ0n) is 17.5. The van der Waals surface area contributed by atoms with Crippen molar-refractivity contribution in [1.29, 1.82) is 0 Å². The van der Waals surface area contributed by atoms with Gasteiger partial charge in [-0.15, -0.1) is 0 Å². The Bertz CT molecular complexity index is 988. The summed E-state index contributed by atoms with van der Waals surface area (Å²) in [6, 6.07) is 8.80. The van der Waals surface area contributed by atoms with Crippen LogP contribution >= 0.6 is 0 Å². The Labute approximate surface area is 177 Å². The van der Waals surface area contributed by atoms with Gasteiger partial charge in [0.2, 0.25) is 5.88 Å². The molecule has 1 aliphatic rings. The molecule has 10 heteroatoms. The Hall–Kier alpha value is -3.30. The predicted octanol–water partition coefficient (Wildman–Crippen LogP) is 4.33. The lowest BCUT2D eigenvalue weighted by atomic mass is 10.1. The van der Waals surface area contributed by atoms with Gasteiger partial charge in [-0.05, 0) is 39.3 Å². The lowest BCUT2D eigenvalue weighted by Gasteiger charge is -2.33. The van der Waals surface area contributed by atoms with E-state index in [1.807, 2.05) is 0 Å². The van der Waals surface area contributed by atoms with E-state index >= 15 is 0 Å². The topological polar surface area (TPSA) is 83.6 Å². The molecule has 1 aromatic heterocycles. The Morgan fingerprint density at radius 3 is 2.42 bits per heavy atom. The molecular weight excluding hydrogens is 413 g/mol. The van der Waals surface area contributed by atoms with Crippen molar-refractivity contribution in [2.75, 3.05) is 10.2 Å². The van der Waals surface area contributed by atoms with Crippen molar-refractivity contribution in [3.63, 3.8) is 0 Å². The average molecular weight is 436 g/mol. The lowest BCUT2D eigenvalue weighted by molar-refractivity contribution is -0.137. The van der Waals surface area contributed by atoms with Gasteiger partial charge in [-0.25, -0.2) is 4.79 Å². The van der Waals surface area contributed by atoms with Gasteiger partial charge in [-0.3, -0.25) is 15.0 Å². The molecule has 7 nitrogen and oxygen atoms in total. The fourth-order valence-electron chi connectivity index (χ4n) is 3.04. The van der Waals surface area contributed by atoms with E-state index in [0.717, 1.165) is 11.6 Å². The number of halogens is 3. The maximum atomic E-state index is 13.8. The number of ether oxygens (including phenoxy) is 1. The lowest BCUT2D eigenvalue weighted by Crippen LogP contribution is -2.45. The van der Waals surface area contributed by atoms with Crippen molar-refractivity contribution in [2.45, 2.75) is 52.1 Å². The van der Waals surface area contributed by atoms with E-state index in [1.165, 1.54) is 11.8 Å². The van der Waals surface area contributed by atoms with E-state index in [-0.39, 0.29) is 18.1 Å². The second-order valence-corrected chi connectivity index (χ2v) is 8.21. The molecule has 0 fully saturated rings. The number of nitrogens with zero attached hydrogens (tertiary/aromatic N) is 2. The van der Waals surface area contributed by atoms with Crippen molar-refractivity contribution < 1.29 is 27.5 Å². The molecule has 0 radical (unpaired) electrons. The molecule has 0 spiro atoms. The molecule has 3 rings (SSSR count). The molecule has 0 bridgehead atoms. The van der Waals surface area contributed by atoms with Crippen molar-refractivity contribution in [3.05, 3.63) is 47.5 Å². The number of aromatic nitrogens is 1. The molecule has 1 aromatic carbocycles. The molecule has 0 saturated carbocycles. The summed E-state index contributed by atoms with van der Waals surface area (Å²) in [6.07, 6.45) is -5.77. The van der Waals surface area contributed by atoms with Gasteiger partial charge in [0, 0.05) is 5.54 Å². The second kappa shape index (κ2) is 8.09. The molecule has 2 N–H and O–H groups in total. The summed E-state index contributed by atoms with van der Waals surface area (Å²) in [5, 5.41) is 4.67. The number of carbonyl (C=O) groups excluding carboxylic acids is 2. The maximum Gasteiger partial charge on any atom is 0.420 e. The van der Waals surface area contributed by atoms with E-state index in [0.29, 0.717) is 0 Å². The maximum absolute atomic E-state index is 13.8. The highest BCUT2D eigenvalue weighted by molar-refractivity contribution is 6.00.